The molecule has 1 saturated heterocycles. The molecule has 6 heteroatoms. The molecule has 1 aliphatic rings. The number of rotatable bonds is 3. The summed E-state index contributed by atoms with van der Waals surface area (Å²) in [5.41, 5.74) is -0.281. The number of imidazole rings is 1. The molecule has 2 heterocycles. The van der Waals surface area contributed by atoms with Gasteiger partial charge in [-0.15, -0.1) is 0 Å². The van der Waals surface area contributed by atoms with Gasteiger partial charge in [0.2, 0.25) is 11.8 Å². The van der Waals surface area contributed by atoms with Gasteiger partial charge in [-0.3, -0.25) is 9.59 Å². The molecular weight excluding hydrogens is 256 g/mol. The Kier molecular flexibility index (Phi) is 3.83. The van der Waals surface area contributed by atoms with E-state index in [9.17, 15) is 9.59 Å². The summed E-state index contributed by atoms with van der Waals surface area (Å²) in [4.78, 5) is 30.0. The molecule has 0 aliphatic carbocycles. The fourth-order valence-corrected chi connectivity index (χ4v) is 2.35. The van der Waals surface area contributed by atoms with Crippen molar-refractivity contribution in [3.8, 4) is 0 Å². The Hall–Kier alpha value is -1.85. The van der Waals surface area contributed by atoms with Crippen molar-refractivity contribution in [1.82, 2.24) is 19.8 Å². The highest BCUT2D eigenvalue weighted by Crippen LogP contribution is 2.23. The van der Waals surface area contributed by atoms with E-state index in [1.165, 1.54) is 0 Å². The van der Waals surface area contributed by atoms with E-state index in [0.29, 0.717) is 13.1 Å². The summed E-state index contributed by atoms with van der Waals surface area (Å²) < 4.78 is 1.98. The summed E-state index contributed by atoms with van der Waals surface area (Å²) in [5.74, 6) is 0.813. The second kappa shape index (κ2) is 5.26. The van der Waals surface area contributed by atoms with Crippen molar-refractivity contribution < 1.29 is 9.59 Å². The van der Waals surface area contributed by atoms with Gasteiger partial charge in [-0.05, 0) is 12.3 Å². The third-order valence-electron chi connectivity index (χ3n) is 3.60. The number of carbonyl (C=O) groups is 2. The van der Waals surface area contributed by atoms with Gasteiger partial charge in [-0.25, -0.2) is 4.98 Å². The minimum atomic E-state index is -0.451. The van der Waals surface area contributed by atoms with Gasteiger partial charge in [0.15, 0.2) is 0 Å². The second-order valence-electron chi connectivity index (χ2n) is 6.29. The Morgan fingerprint density at radius 1 is 1.35 bits per heavy atom. The molecule has 2 amide bonds. The first kappa shape index (κ1) is 14.6. The third kappa shape index (κ3) is 3.00. The Morgan fingerprint density at radius 3 is 2.60 bits per heavy atom. The molecule has 1 unspecified atom stereocenters. The topological polar surface area (TPSA) is 67.2 Å². The summed E-state index contributed by atoms with van der Waals surface area (Å²) in [5, 5.41) is 2.79. The first-order valence-electron chi connectivity index (χ1n) is 6.85. The average Bonchev–Trinajstić information content (AvgIpc) is 2.74. The van der Waals surface area contributed by atoms with Crippen molar-refractivity contribution >= 4 is 11.8 Å². The highest BCUT2D eigenvalue weighted by atomic mass is 16.2. The quantitative estimate of drug-likeness (QED) is 0.878. The van der Waals surface area contributed by atoms with Gasteiger partial charge >= 0.3 is 0 Å². The molecule has 1 aliphatic heterocycles. The lowest BCUT2D eigenvalue weighted by Crippen LogP contribution is -2.62. The normalized spacial score (nSPS) is 20.2. The number of hydrogen-bond acceptors (Lipinski definition) is 3. The second-order valence-corrected chi connectivity index (χ2v) is 6.29. The summed E-state index contributed by atoms with van der Waals surface area (Å²) in [6, 6.07) is -0.451. The van der Waals surface area contributed by atoms with Crippen LogP contribution in [0, 0.1) is 12.3 Å². The SMILES string of the molecule is Cc1nccn1CCN1CC(=O)NC(C(C)(C)C)C1=O. The summed E-state index contributed by atoms with van der Waals surface area (Å²) >= 11 is 0. The minimum absolute atomic E-state index is 0.00475. The molecule has 1 aromatic rings. The lowest BCUT2D eigenvalue weighted by molar-refractivity contribution is -0.147. The van der Waals surface area contributed by atoms with E-state index in [-0.39, 0.29) is 23.8 Å². The lowest BCUT2D eigenvalue weighted by Gasteiger charge is -2.38. The van der Waals surface area contributed by atoms with E-state index >= 15 is 0 Å². The van der Waals surface area contributed by atoms with Gasteiger partial charge in [0, 0.05) is 25.5 Å². The molecule has 1 aromatic heterocycles. The Morgan fingerprint density at radius 2 is 2.05 bits per heavy atom. The molecule has 1 fully saturated rings. The van der Waals surface area contributed by atoms with E-state index in [4.69, 9.17) is 0 Å². The molecule has 0 bridgehead atoms. The van der Waals surface area contributed by atoms with Gasteiger partial charge in [0.1, 0.15) is 11.9 Å². The largest absolute Gasteiger partial charge is 0.342 e. The number of piperazine rings is 1. The van der Waals surface area contributed by atoms with E-state index < -0.39 is 6.04 Å². The van der Waals surface area contributed by atoms with Crippen LogP contribution in [-0.4, -0.2) is 45.4 Å². The van der Waals surface area contributed by atoms with Crippen molar-refractivity contribution in [2.24, 2.45) is 5.41 Å². The molecule has 0 spiro atoms. The minimum Gasteiger partial charge on any atom is -0.342 e. The number of nitrogens with zero attached hydrogens (tertiary/aromatic N) is 3. The van der Waals surface area contributed by atoms with Crippen molar-refractivity contribution in [3.63, 3.8) is 0 Å². The summed E-state index contributed by atoms with van der Waals surface area (Å²) in [6.45, 7) is 9.11. The number of carbonyl (C=O) groups excluding carboxylic acids is 2. The predicted molar refractivity (Wildman–Crippen MR) is 74.9 cm³/mol. The smallest absolute Gasteiger partial charge is 0.246 e. The Balaban J connectivity index is 2.05. The lowest BCUT2D eigenvalue weighted by atomic mass is 9.85. The first-order valence-corrected chi connectivity index (χ1v) is 6.85. The number of aryl methyl sites for hydroxylation is 1. The van der Waals surface area contributed by atoms with E-state index in [1.54, 1.807) is 11.1 Å². The zero-order valence-corrected chi connectivity index (χ0v) is 12.5. The molecule has 1 N–H and O–H groups in total. The van der Waals surface area contributed by atoms with E-state index in [1.807, 2.05) is 38.5 Å². The van der Waals surface area contributed by atoms with E-state index in [2.05, 4.69) is 10.3 Å². The Labute approximate surface area is 119 Å². The maximum absolute atomic E-state index is 12.4. The van der Waals surface area contributed by atoms with Gasteiger partial charge in [0.05, 0.1) is 6.54 Å². The molecule has 110 valence electrons. The van der Waals surface area contributed by atoms with Crippen LogP contribution in [0.2, 0.25) is 0 Å². The van der Waals surface area contributed by atoms with Crippen LogP contribution in [-0.2, 0) is 16.1 Å². The molecule has 1 atom stereocenters. The van der Waals surface area contributed by atoms with Crippen LogP contribution in [0.3, 0.4) is 0 Å². The summed E-state index contributed by atoms with van der Waals surface area (Å²) in [7, 11) is 0. The molecule has 0 radical (unpaired) electrons. The number of amides is 2. The van der Waals surface area contributed by atoms with Crippen LogP contribution in [0.15, 0.2) is 12.4 Å². The summed E-state index contributed by atoms with van der Waals surface area (Å²) in [6.07, 6.45) is 3.61. The molecule has 0 aromatic carbocycles. The first-order chi connectivity index (χ1) is 9.29. The average molecular weight is 278 g/mol. The highest BCUT2D eigenvalue weighted by Gasteiger charge is 2.39. The van der Waals surface area contributed by atoms with Gasteiger partial charge in [0.25, 0.3) is 0 Å². The van der Waals surface area contributed by atoms with Gasteiger partial charge in [-0.1, -0.05) is 20.8 Å². The van der Waals surface area contributed by atoms with Crippen molar-refractivity contribution in [2.45, 2.75) is 40.3 Å². The fraction of sp³-hybridized carbons (Fsp3) is 0.643. The van der Waals surface area contributed by atoms with Crippen molar-refractivity contribution in [3.05, 3.63) is 18.2 Å². The molecule has 6 nitrogen and oxygen atoms in total. The van der Waals surface area contributed by atoms with Crippen LogP contribution in [0.1, 0.15) is 26.6 Å². The monoisotopic (exact) mass is 278 g/mol. The predicted octanol–water partition coefficient (Wildman–Crippen LogP) is 0.565. The number of aromatic nitrogens is 2. The number of hydrogen-bond donors (Lipinski definition) is 1. The number of nitrogens with one attached hydrogen (secondary N) is 1. The van der Waals surface area contributed by atoms with Crippen LogP contribution in [0.5, 0.6) is 0 Å². The van der Waals surface area contributed by atoms with Crippen LogP contribution >= 0.6 is 0 Å². The van der Waals surface area contributed by atoms with Crippen LogP contribution < -0.4 is 5.32 Å². The molecule has 20 heavy (non-hydrogen) atoms. The standard InChI is InChI=1S/C14H22N4O2/c1-10-15-5-6-17(10)7-8-18-9-11(19)16-12(13(18)20)14(2,3)4/h5-6,12H,7-9H2,1-4H3,(H,16,19). The molecular formula is C14H22N4O2. The third-order valence-corrected chi connectivity index (χ3v) is 3.60. The maximum atomic E-state index is 12.4. The maximum Gasteiger partial charge on any atom is 0.246 e. The van der Waals surface area contributed by atoms with Gasteiger partial charge in [-0.2, -0.15) is 0 Å². The van der Waals surface area contributed by atoms with E-state index in [0.717, 1.165) is 5.82 Å². The zero-order valence-electron chi connectivity index (χ0n) is 12.5. The highest BCUT2D eigenvalue weighted by molar-refractivity contribution is 5.95. The fourth-order valence-electron chi connectivity index (χ4n) is 2.35. The molecule has 0 saturated carbocycles. The van der Waals surface area contributed by atoms with Crippen LogP contribution in [0.4, 0.5) is 0 Å². The van der Waals surface area contributed by atoms with Crippen molar-refractivity contribution in [2.75, 3.05) is 13.1 Å². The van der Waals surface area contributed by atoms with Crippen LogP contribution in [0.25, 0.3) is 0 Å². The van der Waals surface area contributed by atoms with Crippen molar-refractivity contribution in [1.29, 1.82) is 0 Å². The Bertz CT molecular complexity index is 515. The van der Waals surface area contributed by atoms with Gasteiger partial charge < -0.3 is 14.8 Å². The zero-order chi connectivity index (χ0) is 14.9. The molecule has 2 rings (SSSR count).